The van der Waals surface area contributed by atoms with Crippen LogP contribution < -0.4 is 10.2 Å². The maximum atomic E-state index is 13.2. The van der Waals surface area contributed by atoms with E-state index in [1.807, 2.05) is 35.2 Å². The number of hydrogen-bond acceptors (Lipinski definition) is 6. The molecule has 0 spiro atoms. The number of amides is 3. The van der Waals surface area contributed by atoms with E-state index in [0.29, 0.717) is 55.2 Å². The molecule has 5 rings (SSSR count). The smallest absolute Gasteiger partial charge is 0.322 e. The Morgan fingerprint density at radius 2 is 1.69 bits per heavy atom. The van der Waals surface area contributed by atoms with Gasteiger partial charge in [0.1, 0.15) is 0 Å². The Labute approximate surface area is 220 Å². The Kier molecular flexibility index (Phi) is 7.67. The summed E-state index contributed by atoms with van der Waals surface area (Å²) >= 11 is 7.16. The highest BCUT2D eigenvalue weighted by molar-refractivity contribution is 7.10. The van der Waals surface area contributed by atoms with E-state index in [2.05, 4.69) is 44.1 Å². The summed E-state index contributed by atoms with van der Waals surface area (Å²) in [5, 5.41) is 8.05. The van der Waals surface area contributed by atoms with Gasteiger partial charge in [-0.1, -0.05) is 52.5 Å². The molecule has 2 aliphatic heterocycles. The Balaban J connectivity index is 1.13. The van der Waals surface area contributed by atoms with Crippen molar-refractivity contribution < 1.29 is 9.59 Å². The predicted molar refractivity (Wildman–Crippen MR) is 143 cm³/mol. The molecule has 8 nitrogen and oxygen atoms in total. The molecule has 3 heterocycles. The van der Waals surface area contributed by atoms with Gasteiger partial charge in [0, 0.05) is 61.5 Å². The van der Waals surface area contributed by atoms with E-state index in [-0.39, 0.29) is 17.6 Å². The van der Waals surface area contributed by atoms with Gasteiger partial charge in [-0.3, -0.25) is 10.1 Å². The van der Waals surface area contributed by atoms with E-state index in [9.17, 15) is 9.59 Å². The second kappa shape index (κ2) is 11.3. The van der Waals surface area contributed by atoms with Gasteiger partial charge in [-0.2, -0.15) is 0 Å². The molecule has 0 radical (unpaired) electrons. The molecule has 2 aliphatic rings. The summed E-state index contributed by atoms with van der Waals surface area (Å²) in [5.41, 5.74) is 2.62. The van der Waals surface area contributed by atoms with E-state index < -0.39 is 0 Å². The number of piperazine rings is 1. The zero-order valence-electron chi connectivity index (χ0n) is 20.0. The molecule has 10 heteroatoms. The van der Waals surface area contributed by atoms with E-state index in [1.165, 1.54) is 5.56 Å². The summed E-state index contributed by atoms with van der Waals surface area (Å²) in [4.78, 5) is 31.9. The molecule has 3 amide bonds. The molecule has 0 saturated carbocycles. The molecule has 0 bridgehead atoms. The lowest BCUT2D eigenvalue weighted by Gasteiger charge is -2.36. The average molecular weight is 525 g/mol. The molecule has 3 aromatic rings. The largest absolute Gasteiger partial charge is 0.368 e. The van der Waals surface area contributed by atoms with Crippen LogP contribution in [0.1, 0.15) is 28.9 Å². The van der Waals surface area contributed by atoms with Crippen LogP contribution in [0.15, 0.2) is 54.6 Å². The number of aromatic nitrogens is 2. The monoisotopic (exact) mass is 524 g/mol. The number of halogens is 1. The zero-order chi connectivity index (χ0) is 24.9. The van der Waals surface area contributed by atoms with Crippen molar-refractivity contribution in [3.63, 3.8) is 0 Å². The van der Waals surface area contributed by atoms with Crippen LogP contribution in [0.3, 0.4) is 0 Å². The van der Waals surface area contributed by atoms with E-state index >= 15 is 0 Å². The maximum Gasteiger partial charge on any atom is 0.322 e. The summed E-state index contributed by atoms with van der Waals surface area (Å²) < 4.78 is 3.96. The van der Waals surface area contributed by atoms with Gasteiger partial charge in [-0.05, 0) is 48.9 Å². The van der Waals surface area contributed by atoms with Crippen LogP contribution in [0, 0.1) is 5.92 Å². The van der Waals surface area contributed by atoms with Crippen molar-refractivity contribution >= 4 is 45.8 Å². The number of carbonyl (C=O) groups is 2. The van der Waals surface area contributed by atoms with Crippen molar-refractivity contribution in [3.8, 4) is 0 Å². The van der Waals surface area contributed by atoms with E-state index in [0.717, 1.165) is 36.5 Å². The maximum absolute atomic E-state index is 13.2. The molecular formula is C26H29ClN6O2S. The molecule has 0 aliphatic carbocycles. The van der Waals surface area contributed by atoms with Crippen LogP contribution in [0.25, 0.3) is 0 Å². The topological polar surface area (TPSA) is 81.7 Å². The highest BCUT2D eigenvalue weighted by Crippen LogP contribution is 2.26. The van der Waals surface area contributed by atoms with Gasteiger partial charge >= 0.3 is 6.03 Å². The number of carbonyl (C=O) groups excluding carboxylic acids is 2. The number of hydrogen-bond donors (Lipinski definition) is 1. The van der Waals surface area contributed by atoms with E-state index in [1.54, 1.807) is 4.90 Å². The minimum Gasteiger partial charge on any atom is -0.368 e. The number of nitrogens with zero attached hydrogens (tertiary/aromatic N) is 5. The first-order valence-electron chi connectivity index (χ1n) is 12.3. The second-order valence-electron chi connectivity index (χ2n) is 9.26. The first-order chi connectivity index (χ1) is 17.6. The molecule has 1 aromatic heterocycles. The van der Waals surface area contributed by atoms with E-state index in [4.69, 9.17) is 11.6 Å². The molecule has 1 N–H and O–H groups in total. The lowest BCUT2D eigenvalue weighted by Crippen LogP contribution is -2.50. The van der Waals surface area contributed by atoms with Gasteiger partial charge < -0.3 is 14.7 Å². The van der Waals surface area contributed by atoms with Crippen molar-refractivity contribution in [2.75, 3.05) is 49.5 Å². The van der Waals surface area contributed by atoms with Crippen LogP contribution in [-0.2, 0) is 6.42 Å². The van der Waals surface area contributed by atoms with Crippen LogP contribution in [0.4, 0.5) is 15.5 Å². The van der Waals surface area contributed by atoms with Crippen LogP contribution in [0.5, 0.6) is 0 Å². The average Bonchev–Trinajstić information content (AvgIpc) is 3.37. The molecule has 0 atom stereocenters. The van der Waals surface area contributed by atoms with Crippen molar-refractivity contribution in [3.05, 3.63) is 70.9 Å². The Hall–Kier alpha value is -3.17. The number of rotatable bonds is 5. The number of benzene rings is 2. The summed E-state index contributed by atoms with van der Waals surface area (Å²) in [6.07, 6.45) is 2.95. The van der Waals surface area contributed by atoms with Crippen LogP contribution >= 0.6 is 23.1 Å². The third kappa shape index (κ3) is 5.79. The summed E-state index contributed by atoms with van der Waals surface area (Å²) in [5.74, 6) is 0.401. The number of urea groups is 1. The van der Waals surface area contributed by atoms with Gasteiger partial charge in [0.2, 0.25) is 0 Å². The molecule has 36 heavy (non-hydrogen) atoms. The molecule has 2 fully saturated rings. The molecule has 0 unspecified atom stereocenters. The zero-order valence-corrected chi connectivity index (χ0v) is 21.5. The number of nitrogens with one attached hydrogen (secondary N) is 1. The summed E-state index contributed by atoms with van der Waals surface area (Å²) in [6.45, 7) is 3.93. The molecule has 2 aromatic carbocycles. The quantitative estimate of drug-likeness (QED) is 0.526. The number of likely N-dealkylation sites (tertiary alicyclic amines) is 1. The Bertz CT molecular complexity index is 1190. The third-order valence-electron chi connectivity index (χ3n) is 6.92. The lowest BCUT2D eigenvalue weighted by atomic mass is 9.90. The van der Waals surface area contributed by atoms with Crippen molar-refractivity contribution in [1.82, 2.24) is 19.4 Å². The van der Waals surface area contributed by atoms with Gasteiger partial charge in [-0.15, -0.1) is 5.10 Å². The van der Waals surface area contributed by atoms with Crippen LogP contribution in [-0.4, -0.2) is 70.6 Å². The predicted octanol–water partition coefficient (Wildman–Crippen LogP) is 4.64. The lowest BCUT2D eigenvalue weighted by molar-refractivity contribution is 0.0685. The number of piperidine rings is 1. The minimum atomic E-state index is -0.234. The Morgan fingerprint density at radius 1 is 0.944 bits per heavy atom. The first kappa shape index (κ1) is 24.5. The first-order valence-corrected chi connectivity index (χ1v) is 13.4. The fourth-order valence-electron chi connectivity index (χ4n) is 4.87. The third-order valence-corrected chi connectivity index (χ3v) is 7.80. The minimum absolute atomic E-state index is 0.164. The highest BCUT2D eigenvalue weighted by atomic mass is 35.5. The van der Waals surface area contributed by atoms with Gasteiger partial charge in [0.15, 0.2) is 10.7 Å². The van der Waals surface area contributed by atoms with Gasteiger partial charge in [-0.25, -0.2) is 4.79 Å². The normalized spacial score (nSPS) is 16.8. The van der Waals surface area contributed by atoms with Gasteiger partial charge in [0.25, 0.3) is 5.91 Å². The molecular weight excluding hydrogens is 496 g/mol. The summed E-state index contributed by atoms with van der Waals surface area (Å²) in [7, 11) is 0. The standard InChI is InChI=1S/C26H29ClN6O2S/c27-21-7-4-8-22(18-21)31-13-15-33(16-14-31)26(35)28-24-23(29-30-36-24)25(34)32-11-9-20(10-12-32)17-19-5-2-1-3-6-19/h1-8,18,20H,9-17H2,(H,28,35). The van der Waals surface area contributed by atoms with Gasteiger partial charge in [0.05, 0.1) is 0 Å². The summed E-state index contributed by atoms with van der Waals surface area (Å²) in [6, 6.07) is 18.0. The highest BCUT2D eigenvalue weighted by Gasteiger charge is 2.29. The van der Waals surface area contributed by atoms with Crippen LogP contribution in [0.2, 0.25) is 5.02 Å². The molecule has 2 saturated heterocycles. The van der Waals surface area contributed by atoms with Crippen molar-refractivity contribution in [1.29, 1.82) is 0 Å². The second-order valence-corrected chi connectivity index (χ2v) is 10.5. The fourth-order valence-corrected chi connectivity index (χ4v) is 5.60. The van der Waals surface area contributed by atoms with Crippen molar-refractivity contribution in [2.24, 2.45) is 5.92 Å². The number of anilines is 2. The van der Waals surface area contributed by atoms with Crippen molar-refractivity contribution in [2.45, 2.75) is 19.3 Å². The fraction of sp³-hybridized carbons (Fsp3) is 0.385. The Morgan fingerprint density at radius 3 is 2.42 bits per heavy atom. The molecule has 188 valence electrons. The SMILES string of the molecule is O=C(Nc1snnc1C(=O)N1CCC(Cc2ccccc2)CC1)N1CCN(c2cccc(Cl)c2)CC1.